The maximum Gasteiger partial charge on any atom is 0.153 e. The molecular weight excluding hydrogens is 416 g/mol. The molecule has 166 valence electrons. The summed E-state index contributed by atoms with van der Waals surface area (Å²) in [7, 11) is 0. The van der Waals surface area contributed by atoms with E-state index >= 15 is 0 Å². The van der Waals surface area contributed by atoms with Crippen LogP contribution in [0, 0.1) is 0 Å². The molecule has 0 radical (unpaired) electrons. The first-order valence-corrected chi connectivity index (χ1v) is 10.6. The second-order valence-corrected chi connectivity index (χ2v) is 7.49. The van der Waals surface area contributed by atoms with E-state index in [-0.39, 0.29) is 17.9 Å². The number of ether oxygens (including phenoxy) is 3. The van der Waals surface area contributed by atoms with Crippen molar-refractivity contribution in [3.63, 3.8) is 0 Å². The molecule has 0 amide bonds. The SMILES string of the molecule is O=Cc1cc(OCc2cc(OCc3ccccc3)cc(OCc3ccccc3)c2)ccc1O. The number of aromatic hydroxyl groups is 1. The van der Waals surface area contributed by atoms with Gasteiger partial charge in [-0.25, -0.2) is 0 Å². The molecule has 0 aliphatic rings. The second kappa shape index (κ2) is 10.9. The predicted octanol–water partition coefficient (Wildman–Crippen LogP) is 5.94. The Labute approximate surface area is 192 Å². The average Bonchev–Trinajstić information content (AvgIpc) is 2.87. The van der Waals surface area contributed by atoms with Gasteiger partial charge in [-0.3, -0.25) is 4.79 Å². The van der Waals surface area contributed by atoms with Gasteiger partial charge in [-0.05, 0) is 47.0 Å². The molecule has 5 heteroatoms. The zero-order chi connectivity index (χ0) is 22.9. The number of phenols is 1. The Morgan fingerprint density at radius 3 is 1.64 bits per heavy atom. The minimum atomic E-state index is -0.0785. The molecule has 0 heterocycles. The third-order valence-corrected chi connectivity index (χ3v) is 4.97. The molecular formula is C28H24O5. The number of benzene rings is 4. The van der Waals surface area contributed by atoms with E-state index in [2.05, 4.69) is 0 Å². The van der Waals surface area contributed by atoms with Crippen molar-refractivity contribution in [2.45, 2.75) is 19.8 Å². The average molecular weight is 440 g/mol. The van der Waals surface area contributed by atoms with Gasteiger partial charge in [0.25, 0.3) is 0 Å². The summed E-state index contributed by atoms with van der Waals surface area (Å²) in [5.41, 5.74) is 3.16. The molecule has 0 aliphatic heterocycles. The summed E-state index contributed by atoms with van der Waals surface area (Å²) in [6, 6.07) is 30.1. The Kier molecular flexibility index (Phi) is 7.23. The van der Waals surface area contributed by atoms with Crippen molar-refractivity contribution in [3.05, 3.63) is 119 Å². The summed E-state index contributed by atoms with van der Waals surface area (Å²) in [5, 5.41) is 9.68. The standard InChI is InChI=1S/C28H24O5/c29-17-24-15-25(11-12-28(24)30)31-20-23-13-26(32-18-21-7-3-1-4-8-21)16-27(14-23)33-19-22-9-5-2-6-10-22/h1-17,30H,18-20H2. The summed E-state index contributed by atoms with van der Waals surface area (Å²) in [6.07, 6.45) is 0.593. The number of aldehydes is 1. The molecule has 0 atom stereocenters. The molecule has 0 aliphatic carbocycles. The lowest BCUT2D eigenvalue weighted by Crippen LogP contribution is -2.01. The molecule has 0 saturated heterocycles. The minimum Gasteiger partial charge on any atom is -0.507 e. The number of carbonyl (C=O) groups is 1. The minimum absolute atomic E-state index is 0.0785. The van der Waals surface area contributed by atoms with Crippen molar-refractivity contribution >= 4 is 6.29 Å². The molecule has 0 spiro atoms. The van der Waals surface area contributed by atoms with E-state index in [1.165, 1.54) is 12.1 Å². The van der Waals surface area contributed by atoms with Gasteiger partial charge >= 0.3 is 0 Å². The molecule has 1 N–H and O–H groups in total. The molecule has 0 aromatic heterocycles. The highest BCUT2D eigenvalue weighted by Crippen LogP contribution is 2.27. The van der Waals surface area contributed by atoms with Gasteiger partial charge < -0.3 is 19.3 Å². The Balaban J connectivity index is 1.50. The molecule has 4 rings (SSSR count). The number of carbonyl (C=O) groups excluding carboxylic acids is 1. The van der Waals surface area contributed by atoms with Crippen molar-refractivity contribution in [2.75, 3.05) is 0 Å². The molecule has 4 aromatic rings. The number of rotatable bonds is 10. The van der Waals surface area contributed by atoms with Crippen LogP contribution in [-0.2, 0) is 19.8 Å². The normalized spacial score (nSPS) is 10.4. The maximum absolute atomic E-state index is 11.1. The van der Waals surface area contributed by atoms with E-state index in [0.29, 0.717) is 36.7 Å². The van der Waals surface area contributed by atoms with Crippen LogP contribution in [0.25, 0.3) is 0 Å². The first-order chi connectivity index (χ1) is 16.2. The van der Waals surface area contributed by atoms with Gasteiger partial charge in [0, 0.05) is 6.07 Å². The van der Waals surface area contributed by atoms with Crippen LogP contribution in [0.2, 0.25) is 0 Å². The molecule has 5 nitrogen and oxygen atoms in total. The topological polar surface area (TPSA) is 65.0 Å². The van der Waals surface area contributed by atoms with Crippen LogP contribution in [0.15, 0.2) is 97.1 Å². The van der Waals surface area contributed by atoms with Crippen LogP contribution in [0.4, 0.5) is 0 Å². The van der Waals surface area contributed by atoms with Gasteiger partial charge in [0.1, 0.15) is 42.8 Å². The Hall–Kier alpha value is -4.25. The lowest BCUT2D eigenvalue weighted by molar-refractivity contribution is 0.112. The Morgan fingerprint density at radius 2 is 1.09 bits per heavy atom. The van der Waals surface area contributed by atoms with Crippen molar-refractivity contribution in [2.24, 2.45) is 0 Å². The highest BCUT2D eigenvalue weighted by atomic mass is 16.5. The van der Waals surface area contributed by atoms with E-state index in [0.717, 1.165) is 16.7 Å². The van der Waals surface area contributed by atoms with Crippen molar-refractivity contribution in [3.8, 4) is 23.0 Å². The lowest BCUT2D eigenvalue weighted by atomic mass is 10.2. The smallest absolute Gasteiger partial charge is 0.153 e. The lowest BCUT2D eigenvalue weighted by Gasteiger charge is -2.14. The predicted molar refractivity (Wildman–Crippen MR) is 126 cm³/mol. The fourth-order valence-electron chi connectivity index (χ4n) is 3.25. The Bertz CT molecular complexity index is 1130. The monoisotopic (exact) mass is 440 g/mol. The van der Waals surface area contributed by atoms with Gasteiger partial charge in [0.05, 0.1) is 5.56 Å². The zero-order valence-corrected chi connectivity index (χ0v) is 18.0. The highest BCUT2D eigenvalue weighted by molar-refractivity contribution is 5.79. The maximum atomic E-state index is 11.1. The summed E-state index contributed by atoms with van der Waals surface area (Å²) < 4.78 is 17.9. The first kappa shape index (κ1) is 22.0. The van der Waals surface area contributed by atoms with Crippen LogP contribution in [0.5, 0.6) is 23.0 Å². The summed E-state index contributed by atoms with van der Waals surface area (Å²) in [6.45, 7) is 1.11. The van der Waals surface area contributed by atoms with E-state index in [9.17, 15) is 9.90 Å². The third-order valence-electron chi connectivity index (χ3n) is 4.97. The van der Waals surface area contributed by atoms with Gasteiger partial charge in [-0.1, -0.05) is 60.7 Å². The van der Waals surface area contributed by atoms with Crippen molar-refractivity contribution < 1.29 is 24.1 Å². The number of hydrogen-bond donors (Lipinski definition) is 1. The number of phenolic OH excluding ortho intramolecular Hbond substituents is 1. The quantitative estimate of drug-likeness (QED) is 0.309. The summed E-state index contributed by atoms with van der Waals surface area (Å²) in [4.78, 5) is 11.1. The molecule has 0 fully saturated rings. The number of hydrogen-bond acceptors (Lipinski definition) is 5. The summed E-state index contributed by atoms with van der Waals surface area (Å²) >= 11 is 0. The zero-order valence-electron chi connectivity index (χ0n) is 18.0. The van der Waals surface area contributed by atoms with Crippen LogP contribution in [0.1, 0.15) is 27.0 Å². The molecule has 4 aromatic carbocycles. The van der Waals surface area contributed by atoms with Crippen LogP contribution >= 0.6 is 0 Å². The third kappa shape index (κ3) is 6.37. The van der Waals surface area contributed by atoms with Gasteiger partial charge in [-0.2, -0.15) is 0 Å². The molecule has 33 heavy (non-hydrogen) atoms. The second-order valence-electron chi connectivity index (χ2n) is 7.49. The molecule has 0 unspecified atom stereocenters. The van der Waals surface area contributed by atoms with Crippen LogP contribution in [-0.4, -0.2) is 11.4 Å². The highest BCUT2D eigenvalue weighted by Gasteiger charge is 2.08. The van der Waals surface area contributed by atoms with Crippen LogP contribution < -0.4 is 14.2 Å². The fourth-order valence-corrected chi connectivity index (χ4v) is 3.25. The van der Waals surface area contributed by atoms with E-state index in [1.54, 1.807) is 6.07 Å². The first-order valence-electron chi connectivity index (χ1n) is 10.6. The van der Waals surface area contributed by atoms with Gasteiger partial charge in [0.15, 0.2) is 6.29 Å². The largest absolute Gasteiger partial charge is 0.507 e. The molecule has 0 saturated carbocycles. The summed E-state index contributed by atoms with van der Waals surface area (Å²) in [5.74, 6) is 1.74. The fraction of sp³-hybridized carbons (Fsp3) is 0.107. The van der Waals surface area contributed by atoms with E-state index in [1.807, 2.05) is 78.9 Å². The van der Waals surface area contributed by atoms with Gasteiger partial charge in [-0.15, -0.1) is 0 Å². The van der Waals surface area contributed by atoms with Gasteiger partial charge in [0.2, 0.25) is 0 Å². The van der Waals surface area contributed by atoms with E-state index < -0.39 is 0 Å². The van der Waals surface area contributed by atoms with Crippen molar-refractivity contribution in [1.82, 2.24) is 0 Å². The van der Waals surface area contributed by atoms with Crippen molar-refractivity contribution in [1.29, 1.82) is 0 Å². The van der Waals surface area contributed by atoms with Crippen LogP contribution in [0.3, 0.4) is 0 Å². The molecule has 0 bridgehead atoms. The van der Waals surface area contributed by atoms with E-state index in [4.69, 9.17) is 14.2 Å². The Morgan fingerprint density at radius 1 is 0.576 bits per heavy atom.